The Hall–Kier alpha value is -3.42. The molecule has 7 heteroatoms. The molecule has 0 bridgehead atoms. The third kappa shape index (κ3) is 4.04. The zero-order valence-electron chi connectivity index (χ0n) is 17.5. The van der Waals surface area contributed by atoms with Crippen molar-refractivity contribution in [1.29, 1.82) is 0 Å². The number of anilines is 1. The van der Waals surface area contributed by atoms with Gasteiger partial charge in [0.1, 0.15) is 0 Å². The van der Waals surface area contributed by atoms with Crippen molar-refractivity contribution in [1.82, 2.24) is 9.29 Å². The zero-order valence-corrected chi connectivity index (χ0v) is 18.3. The lowest BCUT2D eigenvalue weighted by Crippen LogP contribution is -2.48. The summed E-state index contributed by atoms with van der Waals surface area (Å²) in [6.45, 7) is 2.25. The molecule has 1 aromatic heterocycles. The molecular formula is C25H23N3O3S. The average Bonchev–Trinajstić information content (AvgIpc) is 3.36. The summed E-state index contributed by atoms with van der Waals surface area (Å²) < 4.78 is 33.7. The molecule has 0 atom stereocenters. The van der Waals surface area contributed by atoms with E-state index in [2.05, 4.69) is 22.0 Å². The first kappa shape index (κ1) is 20.5. The quantitative estimate of drug-likeness (QED) is 0.452. The van der Waals surface area contributed by atoms with Gasteiger partial charge in [-0.05, 0) is 36.4 Å². The first-order chi connectivity index (χ1) is 15.6. The van der Waals surface area contributed by atoms with Crippen LogP contribution in [0.2, 0.25) is 0 Å². The van der Waals surface area contributed by atoms with Crippen molar-refractivity contribution < 1.29 is 12.8 Å². The Morgan fingerprint density at radius 2 is 1.34 bits per heavy atom. The molecule has 4 aromatic rings. The lowest BCUT2D eigenvalue weighted by atomic mass is 10.2. The molecule has 0 amide bonds. The van der Waals surface area contributed by atoms with Crippen molar-refractivity contribution >= 4 is 15.7 Å². The summed E-state index contributed by atoms with van der Waals surface area (Å²) in [4.78, 5) is 6.84. The Morgan fingerprint density at radius 1 is 0.719 bits per heavy atom. The second-order valence-electron chi connectivity index (χ2n) is 7.65. The molecule has 1 aliphatic heterocycles. The lowest BCUT2D eigenvalue weighted by molar-refractivity contribution is 0.385. The minimum absolute atomic E-state index is 0.282. The van der Waals surface area contributed by atoms with E-state index in [1.807, 2.05) is 48.5 Å². The average molecular weight is 446 g/mol. The van der Waals surface area contributed by atoms with Gasteiger partial charge >= 0.3 is 0 Å². The molecule has 1 aliphatic rings. The number of hydrogen-bond donors (Lipinski definition) is 0. The van der Waals surface area contributed by atoms with E-state index in [-0.39, 0.29) is 4.90 Å². The van der Waals surface area contributed by atoms with Gasteiger partial charge in [0.25, 0.3) is 0 Å². The molecule has 1 fully saturated rings. The Labute approximate surface area is 187 Å². The van der Waals surface area contributed by atoms with Crippen LogP contribution in [-0.2, 0) is 10.0 Å². The van der Waals surface area contributed by atoms with Gasteiger partial charge in [-0.25, -0.2) is 13.4 Å². The largest absolute Gasteiger partial charge is 0.436 e. The van der Waals surface area contributed by atoms with E-state index in [0.29, 0.717) is 37.8 Å². The summed E-state index contributed by atoms with van der Waals surface area (Å²) in [7, 11) is -3.55. The standard InChI is InChI=1S/C25H23N3O3S/c29-32(30,28-17-15-27(16-18-28)22-9-5-2-6-10-22)23-13-11-21(12-14-23)25-26-19-24(31-25)20-7-3-1-4-8-20/h1-14,19H,15-18H2. The summed E-state index contributed by atoms with van der Waals surface area (Å²) in [5, 5.41) is 0. The molecule has 32 heavy (non-hydrogen) atoms. The number of para-hydroxylation sites is 1. The normalized spacial score (nSPS) is 15.1. The summed E-state index contributed by atoms with van der Waals surface area (Å²) in [5.74, 6) is 1.14. The van der Waals surface area contributed by atoms with Crippen molar-refractivity contribution in [3.63, 3.8) is 0 Å². The van der Waals surface area contributed by atoms with Crippen molar-refractivity contribution in [3.8, 4) is 22.8 Å². The van der Waals surface area contributed by atoms with E-state index in [0.717, 1.165) is 16.8 Å². The summed E-state index contributed by atoms with van der Waals surface area (Å²) >= 11 is 0. The first-order valence-corrected chi connectivity index (χ1v) is 12.0. The number of benzene rings is 3. The minimum atomic E-state index is -3.55. The molecule has 6 nitrogen and oxygen atoms in total. The fourth-order valence-electron chi connectivity index (χ4n) is 3.89. The molecule has 0 radical (unpaired) electrons. The molecule has 0 N–H and O–H groups in total. The predicted octanol–water partition coefficient (Wildman–Crippen LogP) is 4.52. The van der Waals surface area contributed by atoms with Crippen LogP contribution in [0.3, 0.4) is 0 Å². The third-order valence-corrected chi connectivity index (χ3v) is 7.58. The van der Waals surface area contributed by atoms with E-state index >= 15 is 0 Å². The van der Waals surface area contributed by atoms with Crippen LogP contribution in [-0.4, -0.2) is 43.9 Å². The van der Waals surface area contributed by atoms with Crippen LogP contribution in [0.5, 0.6) is 0 Å². The Kier molecular flexibility index (Phi) is 5.51. The monoisotopic (exact) mass is 445 g/mol. The van der Waals surface area contributed by atoms with Crippen molar-refractivity contribution in [2.75, 3.05) is 31.1 Å². The fourth-order valence-corrected chi connectivity index (χ4v) is 5.31. The van der Waals surface area contributed by atoms with E-state index in [1.165, 1.54) is 0 Å². The first-order valence-electron chi connectivity index (χ1n) is 10.5. The Morgan fingerprint density at radius 3 is 2.00 bits per heavy atom. The van der Waals surface area contributed by atoms with Crippen LogP contribution < -0.4 is 4.90 Å². The summed E-state index contributed by atoms with van der Waals surface area (Å²) in [6.07, 6.45) is 1.68. The second-order valence-corrected chi connectivity index (χ2v) is 9.58. The highest BCUT2D eigenvalue weighted by Gasteiger charge is 2.28. The topological polar surface area (TPSA) is 66.7 Å². The number of oxazole rings is 1. The summed E-state index contributed by atoms with van der Waals surface area (Å²) in [6, 6.07) is 26.6. The van der Waals surface area contributed by atoms with E-state index in [1.54, 1.807) is 34.8 Å². The van der Waals surface area contributed by atoms with Crippen LogP contribution in [0, 0.1) is 0 Å². The summed E-state index contributed by atoms with van der Waals surface area (Å²) in [5.41, 5.74) is 2.80. The molecule has 5 rings (SSSR count). The van der Waals surface area contributed by atoms with Crippen molar-refractivity contribution in [2.45, 2.75) is 4.90 Å². The van der Waals surface area contributed by atoms with Gasteiger partial charge in [0.2, 0.25) is 15.9 Å². The van der Waals surface area contributed by atoms with E-state index in [4.69, 9.17) is 4.42 Å². The highest BCUT2D eigenvalue weighted by atomic mass is 32.2. The fraction of sp³-hybridized carbons (Fsp3) is 0.160. The molecule has 0 unspecified atom stereocenters. The molecule has 0 saturated carbocycles. The number of nitrogens with zero attached hydrogens (tertiary/aromatic N) is 3. The maximum absolute atomic E-state index is 13.1. The van der Waals surface area contributed by atoms with Gasteiger partial charge in [-0.1, -0.05) is 48.5 Å². The Balaban J connectivity index is 1.29. The van der Waals surface area contributed by atoms with E-state index < -0.39 is 10.0 Å². The molecule has 0 aliphatic carbocycles. The third-order valence-electron chi connectivity index (χ3n) is 5.66. The zero-order chi connectivity index (χ0) is 22.0. The SMILES string of the molecule is O=S(=O)(c1ccc(-c2ncc(-c3ccccc3)o2)cc1)N1CCN(c2ccccc2)CC1. The molecule has 162 valence electrons. The number of aromatic nitrogens is 1. The molecule has 2 heterocycles. The van der Waals surface area contributed by atoms with Crippen LogP contribution in [0.1, 0.15) is 0 Å². The lowest BCUT2D eigenvalue weighted by Gasteiger charge is -2.35. The van der Waals surface area contributed by atoms with Crippen LogP contribution >= 0.6 is 0 Å². The molecule has 3 aromatic carbocycles. The maximum Gasteiger partial charge on any atom is 0.243 e. The van der Waals surface area contributed by atoms with Crippen LogP contribution in [0.25, 0.3) is 22.8 Å². The highest BCUT2D eigenvalue weighted by Crippen LogP contribution is 2.27. The van der Waals surface area contributed by atoms with Gasteiger partial charge in [-0.3, -0.25) is 0 Å². The molecule has 1 saturated heterocycles. The number of piperazine rings is 1. The van der Waals surface area contributed by atoms with Gasteiger partial charge in [-0.2, -0.15) is 4.31 Å². The number of rotatable bonds is 5. The van der Waals surface area contributed by atoms with Crippen LogP contribution in [0.4, 0.5) is 5.69 Å². The van der Waals surface area contributed by atoms with Crippen LogP contribution in [0.15, 0.2) is 100 Å². The predicted molar refractivity (Wildman–Crippen MR) is 125 cm³/mol. The Bertz CT molecular complexity index is 1280. The smallest absolute Gasteiger partial charge is 0.243 e. The number of hydrogen-bond acceptors (Lipinski definition) is 5. The van der Waals surface area contributed by atoms with Gasteiger partial charge in [0.05, 0.1) is 11.1 Å². The molecule has 0 spiro atoms. The molecular weight excluding hydrogens is 422 g/mol. The number of sulfonamides is 1. The van der Waals surface area contributed by atoms with Crippen molar-refractivity contribution in [2.24, 2.45) is 0 Å². The van der Waals surface area contributed by atoms with Crippen molar-refractivity contribution in [3.05, 3.63) is 91.1 Å². The van der Waals surface area contributed by atoms with Gasteiger partial charge in [-0.15, -0.1) is 0 Å². The van der Waals surface area contributed by atoms with Gasteiger partial charge in [0.15, 0.2) is 5.76 Å². The second kappa shape index (κ2) is 8.61. The highest BCUT2D eigenvalue weighted by molar-refractivity contribution is 7.89. The maximum atomic E-state index is 13.1. The van der Waals surface area contributed by atoms with Gasteiger partial charge < -0.3 is 9.32 Å². The van der Waals surface area contributed by atoms with Gasteiger partial charge in [0, 0.05) is 43.0 Å². The van der Waals surface area contributed by atoms with E-state index in [9.17, 15) is 8.42 Å². The minimum Gasteiger partial charge on any atom is -0.436 e.